The van der Waals surface area contributed by atoms with Gasteiger partial charge in [0.1, 0.15) is 23.4 Å². The molecule has 0 radical (unpaired) electrons. The second-order valence-electron chi connectivity index (χ2n) is 6.54. The lowest BCUT2D eigenvalue weighted by molar-refractivity contribution is -0.205. The van der Waals surface area contributed by atoms with Crippen molar-refractivity contribution in [2.75, 3.05) is 13.7 Å². The Bertz CT molecular complexity index is 1330. The van der Waals surface area contributed by atoms with Crippen LogP contribution in [0.15, 0.2) is 29.2 Å². The normalized spacial score (nSPS) is 35.8. The van der Waals surface area contributed by atoms with Crippen LogP contribution in [0.1, 0.15) is 15.9 Å². The number of aliphatic hydroxyl groups excluding tert-OH is 2. The fourth-order valence-corrected chi connectivity index (χ4v) is 4.13. The van der Waals surface area contributed by atoms with Gasteiger partial charge in [-0.05, 0) is 6.07 Å². The molecule has 0 amide bonds. The number of hydrogen-bond donors (Lipinski definition) is 3. The lowest BCUT2D eigenvalue weighted by Gasteiger charge is -2.28. The van der Waals surface area contributed by atoms with Crippen LogP contribution in [0.5, 0.6) is 11.5 Å². The molecule has 1 unspecified atom stereocenters. The third-order valence-corrected chi connectivity index (χ3v) is 5.94. The maximum absolute atomic E-state index is 15.8. The molecule has 3 heterocycles. The van der Waals surface area contributed by atoms with Gasteiger partial charge >= 0.3 is 13.5 Å². The number of aromatic nitrogens is 2. The highest BCUT2D eigenvalue weighted by Crippen LogP contribution is 2.57. The summed E-state index contributed by atoms with van der Waals surface area (Å²) in [4.78, 5) is 14.0. The van der Waals surface area contributed by atoms with Crippen molar-refractivity contribution in [2.24, 2.45) is 0 Å². The van der Waals surface area contributed by atoms with E-state index in [2.05, 4.69) is 21.5 Å². The molecule has 2 aromatic rings. The number of phosphoric acid groups is 1. The number of H-pyrrole nitrogens is 1. The van der Waals surface area contributed by atoms with E-state index in [1.165, 1.54) is 19.2 Å². The first kappa shape index (κ1) is 19.3. The number of para-hydroxylation sites is 1. The third-order valence-electron chi connectivity index (χ3n) is 4.48. The summed E-state index contributed by atoms with van der Waals surface area (Å²) >= 11 is 4.54. The molecule has 1 fully saturated rings. The molecule has 1 aromatic carbocycles. The van der Waals surface area contributed by atoms with Gasteiger partial charge in [0.15, 0.2) is 23.5 Å². The molecule has 3 N–H and O–H groups in total. The van der Waals surface area contributed by atoms with E-state index in [4.69, 9.17) is 17.9 Å². The second-order valence-corrected chi connectivity index (χ2v) is 8.46. The van der Waals surface area contributed by atoms with E-state index in [1.807, 2.05) is 4.98 Å². The molecular weight excluding hydrogens is 477 g/mol. The molecule has 5 atom stereocenters. The van der Waals surface area contributed by atoms with Crippen molar-refractivity contribution in [1.29, 1.82) is 0 Å². The average molecular weight is 497 g/mol. The molecule has 1 aromatic heterocycles. The van der Waals surface area contributed by atoms with E-state index in [9.17, 15) is 24.0 Å². The number of fused-ring (bicyclic) bond motifs is 1. The van der Waals surface area contributed by atoms with Gasteiger partial charge < -0.3 is 24.2 Å². The number of ether oxygens (including phenoxy) is 2. The number of aromatic amines is 1. The van der Waals surface area contributed by atoms with Crippen molar-refractivity contribution in [3.05, 3.63) is 50.9 Å². The zero-order valence-corrected chi connectivity index (χ0v) is 17.7. The Hall–Kier alpha value is -2.19. The minimum Gasteiger partial charge on any atom is -0.493 e. The Morgan fingerprint density at radius 3 is 3.00 bits per heavy atom. The van der Waals surface area contributed by atoms with Gasteiger partial charge in [-0.1, -0.05) is 24.4 Å². The highest BCUT2D eigenvalue weighted by molar-refractivity contribution is 7.71. The van der Waals surface area contributed by atoms with Gasteiger partial charge in [-0.25, -0.2) is 18.1 Å². The average Bonchev–Trinajstić information content (AvgIpc) is 2.97. The van der Waals surface area contributed by atoms with Crippen LogP contribution in [-0.4, -0.2) is 51.5 Å². The van der Waals surface area contributed by atoms with Gasteiger partial charge in [0.25, 0.3) is 5.85 Å². The number of rotatable bonds is 5. The summed E-state index contributed by atoms with van der Waals surface area (Å²) in [6, 6.07) is 4.51. The monoisotopic (exact) mass is 497 g/mol. The molecule has 2 aliphatic rings. The molecular formula is C17H17F2N2O9PS. The predicted molar refractivity (Wildman–Crippen MR) is 104 cm³/mol. The van der Waals surface area contributed by atoms with Crippen LogP contribution in [0.2, 0.25) is 0 Å². The minimum absolute atomic E-state index is 0.0141. The topological polar surface area (TPSA) is 141 Å². The summed E-state index contributed by atoms with van der Waals surface area (Å²) in [5, 5.41) is 20.6. The maximum Gasteiger partial charge on any atom is 0.530 e. The van der Waals surface area contributed by atoms with E-state index in [0.717, 1.165) is 0 Å². The summed E-state index contributed by atoms with van der Waals surface area (Å²) in [7, 11) is -3.69. The number of hydrogen-bond acceptors (Lipinski definition) is 10. The fourth-order valence-electron chi connectivity index (χ4n) is 2.88. The van der Waals surface area contributed by atoms with Gasteiger partial charge in [0, 0.05) is 5.56 Å². The Kier molecular flexibility index (Phi) is 5.01. The van der Waals surface area contributed by atoms with Gasteiger partial charge in [-0.2, -0.15) is 0 Å². The Labute approximate surface area is 187 Å². The Morgan fingerprint density at radius 1 is 1.53 bits per heavy atom. The van der Waals surface area contributed by atoms with E-state index >= 15 is 4.39 Å². The van der Waals surface area contributed by atoms with Crippen molar-refractivity contribution < 1.29 is 50.7 Å². The summed E-state index contributed by atoms with van der Waals surface area (Å²) in [5.41, 5.74) is -1.01. The number of phosphoric ester groups is 1. The number of nitrogens with zero attached hydrogens (tertiary/aromatic N) is 1. The quantitative estimate of drug-likeness (QED) is 0.413. The molecule has 32 heavy (non-hydrogen) atoms. The van der Waals surface area contributed by atoms with Crippen molar-refractivity contribution >= 4 is 20.0 Å². The van der Waals surface area contributed by atoms with E-state index in [-0.39, 0.29) is 16.1 Å². The van der Waals surface area contributed by atoms with Crippen molar-refractivity contribution in [3.63, 3.8) is 0 Å². The van der Waals surface area contributed by atoms with Crippen molar-refractivity contribution in [1.82, 2.24) is 9.55 Å². The number of alkyl halides is 1. The smallest absolute Gasteiger partial charge is 0.493 e. The highest BCUT2D eigenvalue weighted by Gasteiger charge is 2.57. The maximum atomic E-state index is 15.8. The molecule has 0 saturated carbocycles. The summed E-state index contributed by atoms with van der Waals surface area (Å²) in [6.07, 6.45) is -8.61. The summed E-state index contributed by atoms with van der Waals surface area (Å²) in [6.45, 7) is -4.36. The molecule has 1 saturated heterocycles. The van der Waals surface area contributed by atoms with Crippen molar-refractivity contribution in [3.8, 4) is 11.5 Å². The number of nitrogens with one attached hydrogen (secondary N) is 1. The zero-order valence-electron chi connectivity index (χ0n) is 19.0. The van der Waals surface area contributed by atoms with E-state index in [1.54, 1.807) is 6.07 Å². The van der Waals surface area contributed by atoms with Crippen LogP contribution in [0.25, 0.3) is 0 Å². The standard InChI is InChI=1S/C17H17F2N2O9PS/c1-26-10-4-2-3-8-6-27-31(25,30-12(8)10)28-7-17(19)13(23)11(22)15(29-17)21-5-9(18)14(32)20-16(21)24/h2-5,11,13,15,22-23H,6-7H2,1H3,(H,20,24,32)/t11-,13+,15-,17-,31?/m1/s1/i7D2,15D. The largest absolute Gasteiger partial charge is 0.530 e. The molecule has 4 rings (SSSR count). The summed E-state index contributed by atoms with van der Waals surface area (Å²) in [5.74, 6) is -5.49. The van der Waals surface area contributed by atoms with Crippen LogP contribution in [0.3, 0.4) is 0 Å². The minimum atomic E-state index is -4.96. The van der Waals surface area contributed by atoms with Gasteiger partial charge in [0.05, 0.1) is 24.0 Å². The summed E-state index contributed by atoms with van der Waals surface area (Å²) < 4.78 is 90.9. The van der Waals surface area contributed by atoms with Crippen LogP contribution in [0, 0.1) is 10.5 Å². The van der Waals surface area contributed by atoms with Crippen LogP contribution < -0.4 is 15.0 Å². The predicted octanol–water partition coefficient (Wildman–Crippen LogP) is 1.70. The van der Waals surface area contributed by atoms with Crippen LogP contribution in [-0.2, 0) is 25.0 Å². The Morgan fingerprint density at radius 2 is 2.28 bits per heavy atom. The van der Waals surface area contributed by atoms with E-state index < -0.39 is 61.4 Å². The van der Waals surface area contributed by atoms with Crippen molar-refractivity contribution in [2.45, 2.75) is 30.9 Å². The molecule has 15 heteroatoms. The molecule has 11 nitrogen and oxygen atoms in total. The van der Waals surface area contributed by atoms with Crippen LogP contribution >= 0.6 is 20.0 Å². The Balaban J connectivity index is 1.69. The highest BCUT2D eigenvalue weighted by atomic mass is 32.1. The first-order valence-electron chi connectivity index (χ1n) is 10.3. The fraction of sp³-hybridized carbons (Fsp3) is 0.412. The lowest BCUT2D eigenvalue weighted by atomic mass is 10.1. The number of halogens is 2. The first-order chi connectivity index (χ1) is 16.2. The van der Waals surface area contributed by atoms with Gasteiger partial charge in [-0.15, -0.1) is 0 Å². The van der Waals surface area contributed by atoms with Crippen LogP contribution in [0.4, 0.5) is 8.78 Å². The van der Waals surface area contributed by atoms with Gasteiger partial charge in [-0.3, -0.25) is 18.6 Å². The number of benzene rings is 1. The molecule has 0 aliphatic carbocycles. The van der Waals surface area contributed by atoms with Gasteiger partial charge in [0.2, 0.25) is 0 Å². The molecule has 0 spiro atoms. The number of aliphatic hydroxyl groups is 2. The van der Waals surface area contributed by atoms with E-state index in [0.29, 0.717) is 11.8 Å². The molecule has 0 bridgehead atoms. The molecule has 2 aliphatic heterocycles. The number of methoxy groups -OCH3 is 1. The third kappa shape index (κ3) is 3.99. The SMILES string of the molecule is [2H]C([2H])(OP1(=O)OCc2cccc(OC)c2O1)[C@@]1(F)O[C@@]([2H])(n2cc(F)c(=S)[nH]c2=O)[C@H](O)[C@@H]1O. The molecule has 174 valence electrons. The lowest BCUT2D eigenvalue weighted by Crippen LogP contribution is -2.43. The zero-order chi connectivity index (χ0) is 26.0. The first-order valence-corrected chi connectivity index (χ1v) is 10.6. The second kappa shape index (κ2) is 8.30.